The van der Waals surface area contributed by atoms with Crippen molar-refractivity contribution in [3.8, 4) is 11.1 Å². The quantitative estimate of drug-likeness (QED) is 0.339. The van der Waals surface area contributed by atoms with Crippen molar-refractivity contribution in [3.63, 3.8) is 0 Å². The fourth-order valence-electron chi connectivity index (χ4n) is 4.79. The van der Waals surface area contributed by atoms with Crippen molar-refractivity contribution < 1.29 is 27.4 Å². The highest BCUT2D eigenvalue weighted by atomic mass is 19.4. The molecule has 0 aliphatic carbocycles. The van der Waals surface area contributed by atoms with Crippen molar-refractivity contribution in [1.29, 1.82) is 0 Å². The number of carbonyl (C=O) groups excluding carboxylic acids is 1. The van der Waals surface area contributed by atoms with E-state index in [0.29, 0.717) is 23.3 Å². The van der Waals surface area contributed by atoms with Crippen LogP contribution in [0.4, 0.5) is 13.2 Å². The van der Waals surface area contributed by atoms with Gasteiger partial charge in [-0.25, -0.2) is 4.79 Å². The summed E-state index contributed by atoms with van der Waals surface area (Å²) in [6.07, 6.45) is -3.03. The van der Waals surface area contributed by atoms with Crippen LogP contribution in [-0.2, 0) is 27.7 Å². The Kier molecular flexibility index (Phi) is 8.35. The average molecular weight is 512 g/mol. The molecule has 196 valence electrons. The molecule has 0 aromatic heterocycles. The Morgan fingerprint density at radius 1 is 0.946 bits per heavy atom. The lowest BCUT2D eigenvalue weighted by Gasteiger charge is -2.38. The molecular weight excluding hydrogens is 479 g/mol. The van der Waals surface area contributed by atoms with E-state index in [0.717, 1.165) is 38.1 Å². The molecule has 3 aromatic carbocycles. The Hall–Kier alpha value is -3.16. The highest BCUT2D eigenvalue weighted by Crippen LogP contribution is 2.36. The van der Waals surface area contributed by atoms with Gasteiger partial charge in [-0.3, -0.25) is 0 Å². The van der Waals surface area contributed by atoms with Gasteiger partial charge in [0.15, 0.2) is 0 Å². The summed E-state index contributed by atoms with van der Waals surface area (Å²) in [5.41, 5.74) is 1.85. The van der Waals surface area contributed by atoms with Gasteiger partial charge in [0, 0.05) is 5.41 Å². The molecule has 0 radical (unpaired) electrons. The molecule has 4 rings (SSSR count). The number of piperidine rings is 1. The van der Waals surface area contributed by atoms with E-state index in [2.05, 4.69) is 17.4 Å². The van der Waals surface area contributed by atoms with Gasteiger partial charge in [-0.2, -0.15) is 13.2 Å². The Labute approximate surface area is 215 Å². The predicted octanol–water partition coefficient (Wildman–Crippen LogP) is 6.78. The molecule has 0 amide bonds. The average Bonchev–Trinajstić information content (AvgIpc) is 2.89. The summed E-state index contributed by atoms with van der Waals surface area (Å²) < 4.78 is 52.7. The molecule has 0 bridgehead atoms. The summed E-state index contributed by atoms with van der Waals surface area (Å²) in [6, 6.07) is 20.6. The first-order chi connectivity index (χ1) is 17.7. The summed E-state index contributed by atoms with van der Waals surface area (Å²) in [5.74, 6) is -0.513. The number of alkyl halides is 3. The largest absolute Gasteiger partial charge is 0.459 e. The van der Waals surface area contributed by atoms with Crippen LogP contribution in [0.15, 0.2) is 72.8 Å². The third kappa shape index (κ3) is 6.79. The molecule has 4 nitrogen and oxygen atoms in total. The standard InChI is InChI=1S/C30H32F3NO3/c1-21(2)37-28(35)24-8-6-7-23(17-24)25-15-22(16-27(18-25)30(31,32)33)19-36-20-29(11-13-34-14-12-29)26-9-4-3-5-10-26/h3-10,15-18,21,34H,11-14,19-20H2,1-2H3. The Morgan fingerprint density at radius 3 is 2.35 bits per heavy atom. The molecule has 1 N–H and O–H groups in total. The van der Waals surface area contributed by atoms with Crippen molar-refractivity contribution in [1.82, 2.24) is 5.32 Å². The number of benzene rings is 3. The highest BCUT2D eigenvalue weighted by molar-refractivity contribution is 5.91. The molecule has 3 aromatic rings. The highest BCUT2D eigenvalue weighted by Gasteiger charge is 2.34. The van der Waals surface area contributed by atoms with Gasteiger partial charge in [-0.05, 0) is 92.4 Å². The Balaban J connectivity index is 1.58. The number of nitrogens with one attached hydrogen (secondary N) is 1. The minimum absolute atomic E-state index is 0.0496. The first-order valence-electron chi connectivity index (χ1n) is 12.5. The number of halogens is 3. The van der Waals surface area contributed by atoms with Gasteiger partial charge in [0.25, 0.3) is 0 Å². The number of esters is 1. The zero-order valence-corrected chi connectivity index (χ0v) is 21.1. The van der Waals surface area contributed by atoms with E-state index in [9.17, 15) is 18.0 Å². The first-order valence-corrected chi connectivity index (χ1v) is 12.5. The number of rotatable bonds is 8. The van der Waals surface area contributed by atoms with E-state index in [4.69, 9.17) is 9.47 Å². The van der Waals surface area contributed by atoms with Crippen LogP contribution in [-0.4, -0.2) is 31.8 Å². The monoisotopic (exact) mass is 511 g/mol. The van der Waals surface area contributed by atoms with E-state index in [1.807, 2.05) is 18.2 Å². The summed E-state index contributed by atoms with van der Waals surface area (Å²) in [7, 11) is 0. The molecule has 0 spiro atoms. The number of carbonyl (C=O) groups is 1. The molecule has 0 saturated carbocycles. The van der Waals surface area contributed by atoms with Crippen LogP contribution in [0.5, 0.6) is 0 Å². The number of ether oxygens (including phenoxy) is 2. The van der Waals surface area contributed by atoms with Gasteiger partial charge in [0.1, 0.15) is 0 Å². The molecule has 1 aliphatic heterocycles. The maximum Gasteiger partial charge on any atom is 0.416 e. The van der Waals surface area contributed by atoms with Crippen molar-refractivity contribution in [2.24, 2.45) is 0 Å². The van der Waals surface area contributed by atoms with Gasteiger partial charge < -0.3 is 14.8 Å². The zero-order valence-electron chi connectivity index (χ0n) is 21.1. The summed E-state index contributed by atoms with van der Waals surface area (Å²) in [6.45, 7) is 5.68. The van der Waals surface area contributed by atoms with E-state index < -0.39 is 17.7 Å². The maximum absolute atomic E-state index is 13.8. The van der Waals surface area contributed by atoms with Gasteiger partial charge >= 0.3 is 12.1 Å². The Morgan fingerprint density at radius 2 is 1.68 bits per heavy atom. The summed E-state index contributed by atoms with van der Waals surface area (Å²) in [4.78, 5) is 12.3. The first kappa shape index (κ1) is 26.9. The Bertz CT molecular complexity index is 1200. The third-order valence-corrected chi connectivity index (χ3v) is 6.69. The fraction of sp³-hybridized carbons (Fsp3) is 0.367. The van der Waals surface area contributed by atoms with E-state index in [-0.39, 0.29) is 23.7 Å². The van der Waals surface area contributed by atoms with E-state index in [1.54, 1.807) is 44.2 Å². The topological polar surface area (TPSA) is 47.6 Å². The second-order valence-corrected chi connectivity index (χ2v) is 9.84. The lowest BCUT2D eigenvalue weighted by atomic mass is 9.74. The lowest BCUT2D eigenvalue weighted by Crippen LogP contribution is -2.43. The zero-order chi connectivity index (χ0) is 26.5. The van der Waals surface area contributed by atoms with E-state index >= 15 is 0 Å². The minimum atomic E-state index is -4.51. The molecule has 37 heavy (non-hydrogen) atoms. The van der Waals surface area contributed by atoms with Crippen molar-refractivity contribution in [3.05, 3.63) is 95.1 Å². The number of hydrogen-bond acceptors (Lipinski definition) is 4. The van der Waals surface area contributed by atoms with Crippen molar-refractivity contribution in [2.45, 2.75) is 51.0 Å². The van der Waals surface area contributed by atoms with Crippen LogP contribution in [0.2, 0.25) is 0 Å². The molecule has 1 saturated heterocycles. The molecule has 1 heterocycles. The molecule has 1 aliphatic rings. The normalized spacial score (nSPS) is 15.5. The van der Waals surface area contributed by atoms with Crippen molar-refractivity contribution >= 4 is 5.97 Å². The summed E-state index contributed by atoms with van der Waals surface area (Å²) in [5, 5.41) is 3.38. The molecule has 1 fully saturated rings. The van der Waals surface area contributed by atoms with Crippen LogP contribution in [0, 0.1) is 0 Å². The van der Waals surface area contributed by atoms with Gasteiger partial charge in [0.05, 0.1) is 30.4 Å². The third-order valence-electron chi connectivity index (χ3n) is 6.69. The van der Waals surface area contributed by atoms with Crippen LogP contribution in [0.25, 0.3) is 11.1 Å². The molecular formula is C30H32F3NO3. The second kappa shape index (κ2) is 11.5. The molecule has 7 heteroatoms. The maximum atomic E-state index is 13.8. The van der Waals surface area contributed by atoms with Gasteiger partial charge in [-0.15, -0.1) is 0 Å². The summed E-state index contributed by atoms with van der Waals surface area (Å²) >= 11 is 0. The smallest absolute Gasteiger partial charge is 0.416 e. The molecule has 0 atom stereocenters. The van der Waals surface area contributed by atoms with Crippen LogP contribution in [0.1, 0.15) is 53.7 Å². The van der Waals surface area contributed by atoms with Crippen LogP contribution >= 0.6 is 0 Å². The fourth-order valence-corrected chi connectivity index (χ4v) is 4.79. The predicted molar refractivity (Wildman–Crippen MR) is 137 cm³/mol. The molecule has 0 unspecified atom stereocenters. The van der Waals surface area contributed by atoms with E-state index in [1.165, 1.54) is 5.56 Å². The van der Waals surface area contributed by atoms with Crippen molar-refractivity contribution in [2.75, 3.05) is 19.7 Å². The van der Waals surface area contributed by atoms with Crippen LogP contribution in [0.3, 0.4) is 0 Å². The number of hydrogen-bond donors (Lipinski definition) is 1. The van der Waals surface area contributed by atoms with Crippen LogP contribution < -0.4 is 5.32 Å². The SMILES string of the molecule is CC(C)OC(=O)c1cccc(-c2cc(COCC3(c4ccccc4)CCNCC3)cc(C(F)(F)F)c2)c1. The second-order valence-electron chi connectivity index (χ2n) is 9.84. The van der Waals surface area contributed by atoms with Gasteiger partial charge in [-0.1, -0.05) is 42.5 Å². The van der Waals surface area contributed by atoms with Gasteiger partial charge in [0.2, 0.25) is 0 Å². The minimum Gasteiger partial charge on any atom is -0.459 e. The lowest BCUT2D eigenvalue weighted by molar-refractivity contribution is -0.137.